The van der Waals surface area contributed by atoms with Crippen LogP contribution in [0.25, 0.3) is 11.3 Å². The molecule has 1 amide bonds. The first-order valence-electron chi connectivity index (χ1n) is 8.27. The summed E-state index contributed by atoms with van der Waals surface area (Å²) in [5.74, 6) is 0.151. The quantitative estimate of drug-likeness (QED) is 0.724. The van der Waals surface area contributed by atoms with E-state index in [0.29, 0.717) is 30.4 Å². The highest BCUT2D eigenvalue weighted by Crippen LogP contribution is 2.22. The van der Waals surface area contributed by atoms with Gasteiger partial charge in [0.25, 0.3) is 5.91 Å². The summed E-state index contributed by atoms with van der Waals surface area (Å²) in [7, 11) is 1.72. The van der Waals surface area contributed by atoms with Gasteiger partial charge in [-0.1, -0.05) is 6.07 Å². The fraction of sp³-hybridized carbons (Fsp3) is 0.211. The third kappa shape index (κ3) is 3.15. The van der Waals surface area contributed by atoms with E-state index in [0.717, 1.165) is 5.56 Å². The molecule has 0 bridgehead atoms. The van der Waals surface area contributed by atoms with Gasteiger partial charge in [-0.15, -0.1) is 0 Å². The van der Waals surface area contributed by atoms with Crippen molar-refractivity contribution in [3.05, 3.63) is 66.2 Å². The van der Waals surface area contributed by atoms with Gasteiger partial charge in [0.2, 0.25) is 5.88 Å². The highest BCUT2D eigenvalue weighted by molar-refractivity contribution is 5.94. The summed E-state index contributed by atoms with van der Waals surface area (Å²) >= 11 is 0. The van der Waals surface area contributed by atoms with Crippen molar-refractivity contribution in [2.75, 3.05) is 13.1 Å². The molecule has 1 aromatic carbocycles. The van der Waals surface area contributed by atoms with E-state index < -0.39 is 0 Å². The Hall–Kier alpha value is -3.22. The molecular formula is C19H17FN4O2. The van der Waals surface area contributed by atoms with Crippen LogP contribution in [0.2, 0.25) is 0 Å². The molecule has 0 aliphatic carbocycles. The van der Waals surface area contributed by atoms with Crippen molar-refractivity contribution in [2.24, 2.45) is 7.05 Å². The summed E-state index contributed by atoms with van der Waals surface area (Å²) in [4.78, 5) is 18.5. The lowest BCUT2D eigenvalue weighted by molar-refractivity contribution is 0.0152. The Morgan fingerprint density at radius 3 is 2.65 bits per heavy atom. The zero-order chi connectivity index (χ0) is 18.1. The molecule has 1 aliphatic heterocycles. The van der Waals surface area contributed by atoms with Crippen LogP contribution in [0.15, 0.2) is 54.7 Å². The Balaban J connectivity index is 1.42. The largest absolute Gasteiger partial charge is 0.471 e. The second-order valence-electron chi connectivity index (χ2n) is 6.16. The fourth-order valence-electron chi connectivity index (χ4n) is 2.86. The zero-order valence-electron chi connectivity index (χ0n) is 14.2. The topological polar surface area (TPSA) is 60.2 Å². The van der Waals surface area contributed by atoms with Crippen molar-refractivity contribution < 1.29 is 13.9 Å². The molecule has 0 saturated carbocycles. The second kappa shape index (κ2) is 6.59. The number of ether oxygens (including phenoxy) is 1. The molecular weight excluding hydrogens is 335 g/mol. The number of hydrogen-bond acceptors (Lipinski definition) is 4. The number of likely N-dealkylation sites (tertiary alicyclic amines) is 1. The molecule has 0 spiro atoms. The lowest BCUT2D eigenvalue weighted by Gasteiger charge is -2.38. The second-order valence-corrected chi connectivity index (χ2v) is 6.16. The Labute approximate surface area is 149 Å². The minimum Gasteiger partial charge on any atom is -0.471 e. The van der Waals surface area contributed by atoms with Crippen molar-refractivity contribution >= 4 is 5.91 Å². The van der Waals surface area contributed by atoms with E-state index in [-0.39, 0.29) is 17.8 Å². The van der Waals surface area contributed by atoms with Gasteiger partial charge in [-0.25, -0.2) is 9.37 Å². The van der Waals surface area contributed by atoms with Gasteiger partial charge in [0.1, 0.15) is 17.6 Å². The van der Waals surface area contributed by atoms with E-state index in [1.54, 1.807) is 47.1 Å². The normalized spacial score (nSPS) is 14.2. The number of amides is 1. The van der Waals surface area contributed by atoms with Gasteiger partial charge >= 0.3 is 0 Å². The van der Waals surface area contributed by atoms with Crippen LogP contribution in [0.4, 0.5) is 4.39 Å². The average Bonchev–Trinajstić information content (AvgIpc) is 3.00. The summed E-state index contributed by atoms with van der Waals surface area (Å²) in [6, 6.07) is 13.2. The lowest BCUT2D eigenvalue weighted by Crippen LogP contribution is -2.56. The van der Waals surface area contributed by atoms with Gasteiger partial charge in [-0.2, -0.15) is 5.10 Å². The Morgan fingerprint density at radius 1 is 1.19 bits per heavy atom. The van der Waals surface area contributed by atoms with Gasteiger partial charge in [0.15, 0.2) is 0 Å². The van der Waals surface area contributed by atoms with E-state index in [1.807, 2.05) is 12.1 Å². The number of rotatable bonds is 4. The van der Waals surface area contributed by atoms with E-state index in [4.69, 9.17) is 4.74 Å². The molecule has 7 heteroatoms. The average molecular weight is 352 g/mol. The minimum atomic E-state index is -0.305. The Bertz CT molecular complexity index is 918. The first-order valence-corrected chi connectivity index (χ1v) is 8.27. The molecule has 2 aromatic heterocycles. The van der Waals surface area contributed by atoms with Crippen molar-refractivity contribution in [1.29, 1.82) is 0 Å². The molecule has 6 nitrogen and oxygen atoms in total. The molecule has 132 valence electrons. The number of halogens is 1. The van der Waals surface area contributed by atoms with Crippen LogP contribution in [0.1, 0.15) is 10.5 Å². The molecule has 3 aromatic rings. The third-order valence-corrected chi connectivity index (χ3v) is 4.30. The molecule has 4 rings (SSSR count). The van der Waals surface area contributed by atoms with Crippen molar-refractivity contribution in [3.63, 3.8) is 0 Å². The van der Waals surface area contributed by atoms with Gasteiger partial charge < -0.3 is 9.64 Å². The predicted molar refractivity (Wildman–Crippen MR) is 93.2 cm³/mol. The van der Waals surface area contributed by atoms with E-state index in [2.05, 4.69) is 10.1 Å². The first kappa shape index (κ1) is 16.3. The number of aromatic nitrogens is 3. The van der Waals surface area contributed by atoms with Crippen LogP contribution in [0.5, 0.6) is 5.88 Å². The van der Waals surface area contributed by atoms with Crippen LogP contribution in [0.3, 0.4) is 0 Å². The Morgan fingerprint density at radius 2 is 1.96 bits per heavy atom. The number of aryl methyl sites for hydroxylation is 1. The maximum Gasteiger partial charge on any atom is 0.272 e. The summed E-state index contributed by atoms with van der Waals surface area (Å²) in [6.07, 6.45) is 1.61. The monoisotopic (exact) mass is 352 g/mol. The number of carbonyl (C=O) groups is 1. The van der Waals surface area contributed by atoms with E-state index in [9.17, 15) is 9.18 Å². The number of carbonyl (C=O) groups excluding carboxylic acids is 1. The highest BCUT2D eigenvalue weighted by atomic mass is 19.1. The van der Waals surface area contributed by atoms with Crippen LogP contribution in [-0.4, -0.2) is 44.8 Å². The number of nitrogens with zero attached hydrogens (tertiary/aromatic N) is 4. The molecule has 26 heavy (non-hydrogen) atoms. The molecule has 1 saturated heterocycles. The summed E-state index contributed by atoms with van der Waals surface area (Å²) in [5.41, 5.74) is 1.89. The smallest absolute Gasteiger partial charge is 0.272 e. The molecule has 1 fully saturated rings. The summed E-state index contributed by atoms with van der Waals surface area (Å²) < 4.78 is 20.3. The SMILES string of the molecule is Cn1nc(-c2ccc(F)cc2)cc1C(=O)N1CC(Oc2ccccn2)C1. The summed E-state index contributed by atoms with van der Waals surface area (Å²) in [5, 5.41) is 4.36. The molecule has 3 heterocycles. The standard InChI is InChI=1S/C19H17FN4O2/c1-23-17(10-16(22-23)13-5-7-14(20)8-6-13)19(25)24-11-15(12-24)26-18-4-2-3-9-21-18/h2-10,15H,11-12H2,1H3. The maximum atomic E-state index is 13.1. The van der Waals surface area contributed by atoms with Gasteiger partial charge in [0, 0.05) is 24.9 Å². The predicted octanol–water partition coefficient (Wildman–Crippen LogP) is 2.52. The van der Waals surface area contributed by atoms with E-state index in [1.165, 1.54) is 12.1 Å². The number of hydrogen-bond donors (Lipinski definition) is 0. The van der Waals surface area contributed by atoms with Gasteiger partial charge in [-0.3, -0.25) is 9.48 Å². The molecule has 1 aliphatic rings. The molecule has 0 unspecified atom stereocenters. The maximum absolute atomic E-state index is 13.1. The van der Waals surface area contributed by atoms with E-state index >= 15 is 0 Å². The van der Waals surface area contributed by atoms with Gasteiger partial charge in [0.05, 0.1) is 18.8 Å². The number of pyridine rings is 1. The number of benzene rings is 1. The summed E-state index contributed by atoms with van der Waals surface area (Å²) in [6.45, 7) is 1.01. The van der Waals surface area contributed by atoms with Crippen LogP contribution >= 0.6 is 0 Å². The molecule has 0 atom stereocenters. The zero-order valence-corrected chi connectivity index (χ0v) is 14.2. The first-order chi connectivity index (χ1) is 12.6. The van der Waals surface area contributed by atoms with Gasteiger partial charge in [-0.05, 0) is 36.4 Å². The van der Waals surface area contributed by atoms with Crippen molar-refractivity contribution in [1.82, 2.24) is 19.7 Å². The van der Waals surface area contributed by atoms with Crippen LogP contribution in [0, 0.1) is 5.82 Å². The minimum absolute atomic E-state index is 0.0568. The Kier molecular flexibility index (Phi) is 4.12. The van der Waals surface area contributed by atoms with Crippen LogP contribution < -0.4 is 4.74 Å². The van der Waals surface area contributed by atoms with Crippen molar-refractivity contribution in [3.8, 4) is 17.1 Å². The fourth-order valence-corrected chi connectivity index (χ4v) is 2.86. The molecule has 0 N–H and O–H groups in total. The van der Waals surface area contributed by atoms with Crippen molar-refractivity contribution in [2.45, 2.75) is 6.10 Å². The third-order valence-electron chi connectivity index (χ3n) is 4.30. The molecule has 0 radical (unpaired) electrons. The highest BCUT2D eigenvalue weighted by Gasteiger charge is 2.34. The lowest BCUT2D eigenvalue weighted by atomic mass is 10.1. The van der Waals surface area contributed by atoms with Crippen LogP contribution in [-0.2, 0) is 7.05 Å².